The van der Waals surface area contributed by atoms with Gasteiger partial charge in [0.2, 0.25) is 6.23 Å². The Balaban J connectivity index is 2.66. The van der Waals surface area contributed by atoms with E-state index in [1.807, 2.05) is 44.2 Å². The first kappa shape index (κ1) is 23.6. The summed E-state index contributed by atoms with van der Waals surface area (Å²) >= 11 is 6.81. The third-order valence-corrected chi connectivity index (χ3v) is 6.99. The number of rotatable bonds is 10. The van der Waals surface area contributed by atoms with Crippen LogP contribution in [-0.2, 0) is 9.53 Å². The number of thiocarbonyl (C=S) groups is 1. The third kappa shape index (κ3) is 6.60. The maximum atomic E-state index is 12.4. The van der Waals surface area contributed by atoms with Gasteiger partial charge in [-0.2, -0.15) is 5.26 Å². The highest BCUT2D eigenvalue weighted by atomic mass is 32.2. The van der Waals surface area contributed by atoms with Crippen molar-refractivity contribution < 1.29 is 14.0 Å². The minimum atomic E-state index is -0.763. The van der Waals surface area contributed by atoms with E-state index in [-0.39, 0.29) is 18.6 Å². The Hall–Kier alpha value is -1.42. The van der Waals surface area contributed by atoms with Crippen LogP contribution in [0.3, 0.4) is 0 Å². The van der Waals surface area contributed by atoms with E-state index < -0.39 is 4.75 Å². The summed E-state index contributed by atoms with van der Waals surface area (Å²) in [4.78, 5) is 12.4. The average Bonchev–Trinajstić information content (AvgIpc) is 2.69. The molecule has 148 valence electrons. The first-order valence-electron chi connectivity index (χ1n) is 9.50. The van der Waals surface area contributed by atoms with Crippen LogP contribution < -0.4 is 0 Å². The van der Waals surface area contributed by atoms with Crippen LogP contribution in [0.15, 0.2) is 30.3 Å². The third-order valence-electron chi connectivity index (χ3n) is 5.33. The van der Waals surface area contributed by atoms with Crippen LogP contribution in [0.2, 0.25) is 0 Å². The molecule has 0 N–H and O–H groups in total. The zero-order valence-corrected chi connectivity index (χ0v) is 18.7. The summed E-state index contributed by atoms with van der Waals surface area (Å²) < 4.78 is 6.35. The lowest BCUT2D eigenvalue weighted by atomic mass is 10.1. The molecule has 1 aromatic rings. The smallest absolute Gasteiger partial charge is 0.310 e. The van der Waals surface area contributed by atoms with Gasteiger partial charge in [-0.15, -0.1) is 0 Å². The maximum absolute atomic E-state index is 12.4. The lowest BCUT2D eigenvalue weighted by molar-refractivity contribution is -0.963. The van der Waals surface area contributed by atoms with E-state index in [1.54, 1.807) is 0 Å². The summed E-state index contributed by atoms with van der Waals surface area (Å²) in [7, 11) is 0. The van der Waals surface area contributed by atoms with Crippen molar-refractivity contribution in [2.45, 2.75) is 58.4 Å². The predicted molar refractivity (Wildman–Crippen MR) is 116 cm³/mol. The Bertz CT molecular complexity index is 660. The molecule has 2 atom stereocenters. The van der Waals surface area contributed by atoms with Gasteiger partial charge in [-0.25, -0.2) is 0 Å². The van der Waals surface area contributed by atoms with E-state index in [9.17, 15) is 10.1 Å². The SMILES string of the molecule is CC[N+](CC)(CC)C(C)OC(=O)CCC(C)(C#N)SC(=S)c1ccccc1. The molecule has 4 nitrogen and oxygen atoms in total. The fraction of sp³-hybridized carbons (Fsp3) is 0.571. The van der Waals surface area contributed by atoms with Crippen LogP contribution in [0.25, 0.3) is 0 Å². The van der Waals surface area contributed by atoms with E-state index in [0.29, 0.717) is 10.6 Å². The van der Waals surface area contributed by atoms with Crippen molar-refractivity contribution in [3.63, 3.8) is 0 Å². The Labute approximate surface area is 173 Å². The molecule has 0 aromatic heterocycles. The first-order valence-corrected chi connectivity index (χ1v) is 10.7. The second-order valence-electron chi connectivity index (χ2n) is 6.85. The zero-order valence-electron chi connectivity index (χ0n) is 17.0. The number of esters is 1. The molecule has 0 fully saturated rings. The number of hydrogen-bond acceptors (Lipinski definition) is 5. The Morgan fingerprint density at radius 3 is 2.30 bits per heavy atom. The van der Waals surface area contributed by atoms with Crippen LogP contribution in [0.5, 0.6) is 0 Å². The minimum absolute atomic E-state index is 0.191. The summed E-state index contributed by atoms with van der Waals surface area (Å²) in [6.07, 6.45) is 0.413. The predicted octanol–water partition coefficient (Wildman–Crippen LogP) is 4.92. The Morgan fingerprint density at radius 1 is 1.26 bits per heavy atom. The highest BCUT2D eigenvalue weighted by Crippen LogP contribution is 2.33. The molecule has 6 heteroatoms. The van der Waals surface area contributed by atoms with Gasteiger partial charge in [0.1, 0.15) is 4.75 Å². The van der Waals surface area contributed by atoms with Crippen LogP contribution >= 0.6 is 24.0 Å². The van der Waals surface area contributed by atoms with Crippen molar-refractivity contribution in [3.8, 4) is 6.07 Å². The van der Waals surface area contributed by atoms with Crippen molar-refractivity contribution >= 4 is 34.1 Å². The molecule has 1 rings (SSSR count). The molecule has 0 saturated carbocycles. The highest BCUT2D eigenvalue weighted by Gasteiger charge is 2.33. The summed E-state index contributed by atoms with van der Waals surface area (Å²) in [6.45, 7) is 12.9. The fourth-order valence-corrected chi connectivity index (χ4v) is 4.71. The van der Waals surface area contributed by atoms with Crippen molar-refractivity contribution in [1.82, 2.24) is 0 Å². The molecule has 0 aliphatic rings. The number of benzene rings is 1. The first-order chi connectivity index (χ1) is 12.8. The average molecular weight is 408 g/mol. The van der Waals surface area contributed by atoms with Crippen LogP contribution in [0.1, 0.15) is 53.0 Å². The maximum Gasteiger partial charge on any atom is 0.310 e. The summed E-state index contributed by atoms with van der Waals surface area (Å²) in [6, 6.07) is 11.9. The molecule has 0 amide bonds. The number of thioether (sulfide) groups is 1. The molecule has 0 aliphatic carbocycles. The number of ether oxygens (including phenoxy) is 1. The normalized spacial score (nSPS) is 14.7. The molecule has 0 aliphatic heterocycles. The van der Waals surface area contributed by atoms with Gasteiger partial charge in [0.15, 0.2) is 0 Å². The van der Waals surface area contributed by atoms with Gasteiger partial charge >= 0.3 is 5.97 Å². The molecule has 0 heterocycles. The second-order valence-corrected chi connectivity index (χ2v) is 9.03. The molecule has 0 bridgehead atoms. The lowest BCUT2D eigenvalue weighted by Gasteiger charge is -2.40. The number of quaternary nitrogens is 1. The van der Waals surface area contributed by atoms with E-state index in [2.05, 4.69) is 26.8 Å². The van der Waals surface area contributed by atoms with E-state index in [0.717, 1.165) is 29.7 Å². The highest BCUT2D eigenvalue weighted by molar-refractivity contribution is 8.24. The van der Waals surface area contributed by atoms with Crippen LogP contribution in [0, 0.1) is 11.3 Å². The number of nitrogens with zero attached hydrogens (tertiary/aromatic N) is 2. The van der Waals surface area contributed by atoms with Gasteiger partial charge in [0.05, 0.1) is 29.9 Å². The Morgan fingerprint density at radius 2 is 1.81 bits per heavy atom. The summed E-state index contributed by atoms with van der Waals surface area (Å²) in [5.41, 5.74) is 0.922. The number of hydrogen-bond donors (Lipinski definition) is 0. The molecule has 1 aromatic carbocycles. The summed E-state index contributed by atoms with van der Waals surface area (Å²) in [5, 5.41) is 9.63. The monoisotopic (exact) mass is 407 g/mol. The molecule has 0 saturated heterocycles. The van der Waals surface area contributed by atoms with Crippen molar-refractivity contribution in [3.05, 3.63) is 35.9 Å². The largest absolute Gasteiger partial charge is 0.413 e. The molecular formula is C21H31N2O2S2+. The lowest BCUT2D eigenvalue weighted by Crippen LogP contribution is -2.55. The van der Waals surface area contributed by atoms with E-state index in [1.165, 1.54) is 11.8 Å². The summed E-state index contributed by atoms with van der Waals surface area (Å²) in [5.74, 6) is -0.256. The minimum Gasteiger partial charge on any atom is -0.413 e. The molecule has 0 spiro atoms. The van der Waals surface area contributed by atoms with Gasteiger partial charge in [0, 0.05) is 13.3 Å². The second kappa shape index (κ2) is 10.8. The number of carbonyl (C=O) groups excluding carboxylic acids is 1. The number of carbonyl (C=O) groups is 1. The fourth-order valence-electron chi connectivity index (χ4n) is 3.11. The zero-order chi connectivity index (χ0) is 20.5. The van der Waals surface area contributed by atoms with Gasteiger partial charge < -0.3 is 4.74 Å². The van der Waals surface area contributed by atoms with Gasteiger partial charge in [-0.05, 0) is 39.7 Å². The van der Waals surface area contributed by atoms with Gasteiger partial charge in [-0.3, -0.25) is 9.28 Å². The van der Waals surface area contributed by atoms with Crippen molar-refractivity contribution in [2.24, 2.45) is 0 Å². The van der Waals surface area contributed by atoms with Crippen LogP contribution in [-0.4, -0.2) is 45.3 Å². The Kier molecular flexibility index (Phi) is 9.44. The number of nitriles is 1. The van der Waals surface area contributed by atoms with Gasteiger partial charge in [0.25, 0.3) is 0 Å². The topological polar surface area (TPSA) is 50.1 Å². The molecular weight excluding hydrogens is 376 g/mol. The molecule has 2 unspecified atom stereocenters. The van der Waals surface area contributed by atoms with Crippen LogP contribution in [0.4, 0.5) is 0 Å². The molecule has 27 heavy (non-hydrogen) atoms. The standard InChI is InChI=1S/C21H31N2O2S2/c1-6-23(7-2,8-3)17(4)25-19(24)14-15-21(5,16-22)27-20(26)18-12-10-9-11-13-18/h9-13,17H,6-8,14-15H2,1-5H3/q+1. The van der Waals surface area contributed by atoms with Crippen molar-refractivity contribution in [2.75, 3.05) is 19.6 Å². The van der Waals surface area contributed by atoms with Gasteiger partial charge in [-0.1, -0.05) is 54.3 Å². The van der Waals surface area contributed by atoms with Crippen molar-refractivity contribution in [1.29, 1.82) is 5.26 Å². The van der Waals surface area contributed by atoms with E-state index in [4.69, 9.17) is 17.0 Å². The quantitative estimate of drug-likeness (QED) is 0.238. The van der Waals surface area contributed by atoms with E-state index >= 15 is 0 Å². The molecule has 0 radical (unpaired) electrons.